The number of rotatable bonds is 3. The van der Waals surface area contributed by atoms with Gasteiger partial charge in [-0.1, -0.05) is 18.5 Å². The van der Waals surface area contributed by atoms with Gasteiger partial charge in [0.2, 0.25) is 0 Å². The summed E-state index contributed by atoms with van der Waals surface area (Å²) in [6, 6.07) is 6.64. The number of halogens is 1. The highest BCUT2D eigenvalue weighted by Crippen LogP contribution is 2.23. The highest BCUT2D eigenvalue weighted by atomic mass is 35.5. The van der Waals surface area contributed by atoms with Crippen molar-refractivity contribution in [2.24, 2.45) is 0 Å². The lowest BCUT2D eigenvalue weighted by atomic mass is 10.1. The quantitative estimate of drug-likeness (QED) is 0.928. The topological polar surface area (TPSA) is 67.6 Å². The Morgan fingerprint density at radius 1 is 1.43 bits per heavy atom. The first kappa shape index (κ1) is 15.6. The Bertz CT molecular complexity index is 563. The van der Waals surface area contributed by atoms with E-state index in [1.807, 2.05) is 6.92 Å². The van der Waals surface area contributed by atoms with E-state index in [9.17, 15) is 9.90 Å². The number of piperazine rings is 1. The number of hydrogen-bond acceptors (Lipinski definition) is 4. The summed E-state index contributed by atoms with van der Waals surface area (Å²) in [5, 5.41) is 19.3. The number of amides is 1. The highest BCUT2D eigenvalue weighted by Gasteiger charge is 2.26. The van der Waals surface area contributed by atoms with Crippen molar-refractivity contribution in [2.45, 2.75) is 19.4 Å². The Hall–Kier alpha value is -1.77. The summed E-state index contributed by atoms with van der Waals surface area (Å²) in [5.41, 5.74) is 0.225. The van der Waals surface area contributed by atoms with E-state index in [1.54, 1.807) is 11.0 Å². The molecular weight excluding hydrogens is 290 g/mol. The maximum atomic E-state index is 12.4. The molecule has 0 aromatic heterocycles. The minimum atomic E-state index is -0.223. The summed E-state index contributed by atoms with van der Waals surface area (Å²) < 4.78 is 0. The summed E-state index contributed by atoms with van der Waals surface area (Å²) in [6.07, 6.45) is 0.777. The van der Waals surface area contributed by atoms with E-state index in [2.05, 4.69) is 11.0 Å². The molecule has 1 unspecified atom stereocenters. The molecule has 2 rings (SSSR count). The van der Waals surface area contributed by atoms with Crippen molar-refractivity contribution in [1.82, 2.24) is 9.80 Å². The van der Waals surface area contributed by atoms with Gasteiger partial charge in [0.25, 0.3) is 5.91 Å². The molecule has 1 N–H and O–H groups in total. The Labute approximate surface area is 129 Å². The molecule has 1 aliphatic rings. The Balaban J connectivity index is 2.04. The van der Waals surface area contributed by atoms with Gasteiger partial charge in [-0.3, -0.25) is 9.69 Å². The van der Waals surface area contributed by atoms with E-state index in [4.69, 9.17) is 16.9 Å². The van der Waals surface area contributed by atoms with Crippen LogP contribution in [0.2, 0.25) is 5.02 Å². The first-order chi connectivity index (χ1) is 10.1. The average Bonchev–Trinajstić information content (AvgIpc) is 2.51. The van der Waals surface area contributed by atoms with Gasteiger partial charge in [-0.25, -0.2) is 0 Å². The molecule has 112 valence electrons. The van der Waals surface area contributed by atoms with Crippen molar-refractivity contribution in [2.75, 3.05) is 26.2 Å². The molecule has 1 aromatic carbocycles. The molecule has 5 nitrogen and oxygen atoms in total. The predicted octanol–water partition coefficient (Wildman–Crippen LogP) is 2.11. The fourth-order valence-corrected chi connectivity index (χ4v) is 2.69. The van der Waals surface area contributed by atoms with Crippen LogP contribution in [-0.2, 0) is 0 Å². The third kappa shape index (κ3) is 3.46. The molecule has 1 atom stereocenters. The summed E-state index contributed by atoms with van der Waals surface area (Å²) in [5.74, 6) is -0.282. The summed E-state index contributed by atoms with van der Waals surface area (Å²) in [6.45, 7) is 4.40. The van der Waals surface area contributed by atoms with E-state index in [0.717, 1.165) is 6.42 Å². The number of carbonyl (C=O) groups is 1. The van der Waals surface area contributed by atoms with E-state index < -0.39 is 0 Å². The fraction of sp³-hybridized carbons (Fsp3) is 0.467. The van der Waals surface area contributed by atoms with E-state index >= 15 is 0 Å². The van der Waals surface area contributed by atoms with Crippen LogP contribution in [0.15, 0.2) is 18.2 Å². The number of phenolic OH excluding ortho intramolecular Hbond substituents is 1. The normalized spacial score (nSPS) is 17.3. The smallest absolute Gasteiger partial charge is 0.257 e. The second-order valence-electron chi connectivity index (χ2n) is 5.04. The number of benzene rings is 1. The lowest BCUT2D eigenvalue weighted by Gasteiger charge is -2.36. The largest absolute Gasteiger partial charge is 0.507 e. The molecule has 0 bridgehead atoms. The second kappa shape index (κ2) is 6.79. The Morgan fingerprint density at radius 2 is 2.10 bits per heavy atom. The van der Waals surface area contributed by atoms with Crippen molar-refractivity contribution < 1.29 is 9.90 Å². The molecule has 6 heteroatoms. The first-order valence-electron chi connectivity index (χ1n) is 6.98. The molecule has 0 radical (unpaired) electrons. The maximum Gasteiger partial charge on any atom is 0.257 e. The molecular formula is C15H18ClN3O2. The predicted molar refractivity (Wildman–Crippen MR) is 80.3 cm³/mol. The fourth-order valence-electron chi connectivity index (χ4n) is 2.52. The molecule has 1 heterocycles. The van der Waals surface area contributed by atoms with Crippen molar-refractivity contribution in [3.8, 4) is 11.8 Å². The summed E-state index contributed by atoms with van der Waals surface area (Å²) in [7, 11) is 0. The number of nitriles is 1. The van der Waals surface area contributed by atoms with Crippen LogP contribution in [0.5, 0.6) is 5.75 Å². The van der Waals surface area contributed by atoms with Crippen LogP contribution in [0.25, 0.3) is 0 Å². The Morgan fingerprint density at radius 3 is 2.67 bits per heavy atom. The molecule has 1 saturated heterocycles. The summed E-state index contributed by atoms with van der Waals surface area (Å²) >= 11 is 5.88. The molecule has 0 aliphatic carbocycles. The number of aromatic hydroxyl groups is 1. The second-order valence-corrected chi connectivity index (χ2v) is 5.48. The standard InChI is InChI=1S/C15H18ClN3O2/c1-2-12(10-17)18-5-7-19(8-6-18)15(21)13-9-11(16)3-4-14(13)20/h3-4,9,12,20H,2,5-8H2,1H3. The van der Waals surface area contributed by atoms with Crippen molar-refractivity contribution in [3.05, 3.63) is 28.8 Å². The SMILES string of the molecule is CCC(C#N)N1CCN(C(=O)c2cc(Cl)ccc2O)CC1. The van der Waals surface area contributed by atoms with Crippen LogP contribution in [0.3, 0.4) is 0 Å². The molecule has 1 aliphatic heterocycles. The van der Waals surface area contributed by atoms with Crippen molar-refractivity contribution in [1.29, 1.82) is 5.26 Å². The molecule has 1 amide bonds. The number of nitrogens with zero attached hydrogens (tertiary/aromatic N) is 3. The minimum Gasteiger partial charge on any atom is -0.507 e. The van der Waals surface area contributed by atoms with Crippen LogP contribution >= 0.6 is 11.6 Å². The zero-order valence-corrected chi connectivity index (χ0v) is 12.7. The van der Waals surface area contributed by atoms with Crippen molar-refractivity contribution in [3.63, 3.8) is 0 Å². The van der Waals surface area contributed by atoms with Gasteiger partial charge in [-0.15, -0.1) is 0 Å². The first-order valence-corrected chi connectivity index (χ1v) is 7.36. The number of phenols is 1. The lowest BCUT2D eigenvalue weighted by molar-refractivity contribution is 0.0602. The molecule has 0 spiro atoms. The van der Waals surface area contributed by atoms with Gasteiger partial charge in [0.1, 0.15) is 5.75 Å². The van der Waals surface area contributed by atoms with Crippen LogP contribution in [-0.4, -0.2) is 53.0 Å². The summed E-state index contributed by atoms with van der Waals surface area (Å²) in [4.78, 5) is 16.2. The van der Waals surface area contributed by atoms with Gasteiger partial charge >= 0.3 is 0 Å². The van der Waals surface area contributed by atoms with Crippen LogP contribution in [0.1, 0.15) is 23.7 Å². The van der Waals surface area contributed by atoms with E-state index in [0.29, 0.717) is 31.2 Å². The molecule has 1 fully saturated rings. The highest BCUT2D eigenvalue weighted by molar-refractivity contribution is 6.31. The van der Waals surface area contributed by atoms with E-state index in [1.165, 1.54) is 12.1 Å². The van der Waals surface area contributed by atoms with Crippen LogP contribution < -0.4 is 0 Å². The maximum absolute atomic E-state index is 12.4. The van der Waals surface area contributed by atoms with Gasteiger partial charge in [0.15, 0.2) is 0 Å². The number of carbonyl (C=O) groups excluding carboxylic acids is 1. The van der Waals surface area contributed by atoms with E-state index in [-0.39, 0.29) is 23.3 Å². The Kier molecular flexibility index (Phi) is 5.05. The van der Waals surface area contributed by atoms with Crippen molar-refractivity contribution >= 4 is 17.5 Å². The van der Waals surface area contributed by atoms with Crippen LogP contribution in [0.4, 0.5) is 0 Å². The van der Waals surface area contributed by atoms with Gasteiger partial charge in [-0.05, 0) is 24.6 Å². The van der Waals surface area contributed by atoms with Crippen LogP contribution in [0, 0.1) is 11.3 Å². The minimum absolute atomic E-state index is 0.0599. The third-order valence-electron chi connectivity index (χ3n) is 3.77. The number of hydrogen-bond donors (Lipinski definition) is 1. The average molecular weight is 308 g/mol. The monoisotopic (exact) mass is 307 g/mol. The van der Waals surface area contributed by atoms with Gasteiger partial charge in [0, 0.05) is 31.2 Å². The van der Waals surface area contributed by atoms with Gasteiger partial charge < -0.3 is 10.0 Å². The van der Waals surface area contributed by atoms with Gasteiger partial charge in [0.05, 0.1) is 17.7 Å². The lowest BCUT2D eigenvalue weighted by Crippen LogP contribution is -2.51. The molecule has 21 heavy (non-hydrogen) atoms. The zero-order chi connectivity index (χ0) is 15.4. The third-order valence-corrected chi connectivity index (χ3v) is 4.00. The zero-order valence-electron chi connectivity index (χ0n) is 11.9. The van der Waals surface area contributed by atoms with Gasteiger partial charge in [-0.2, -0.15) is 5.26 Å². The molecule has 1 aromatic rings. The molecule has 0 saturated carbocycles.